The van der Waals surface area contributed by atoms with Gasteiger partial charge >= 0.3 is 0 Å². The summed E-state index contributed by atoms with van der Waals surface area (Å²) < 4.78 is 11.0. The van der Waals surface area contributed by atoms with Gasteiger partial charge in [-0.15, -0.1) is 24.0 Å². The van der Waals surface area contributed by atoms with E-state index in [9.17, 15) is 5.11 Å². The second-order valence-corrected chi connectivity index (χ2v) is 6.64. The molecule has 7 heteroatoms. The van der Waals surface area contributed by atoms with Crippen molar-refractivity contribution < 1.29 is 14.6 Å². The number of ether oxygens (including phenoxy) is 2. The molecule has 6 nitrogen and oxygen atoms in total. The number of para-hydroxylation sites is 1. The molecule has 2 rings (SSSR count). The molecule has 0 fully saturated rings. The fourth-order valence-corrected chi connectivity index (χ4v) is 2.69. The van der Waals surface area contributed by atoms with Crippen LogP contribution >= 0.6 is 24.0 Å². The van der Waals surface area contributed by atoms with Crippen LogP contribution in [-0.4, -0.2) is 37.4 Å². The van der Waals surface area contributed by atoms with E-state index in [1.165, 1.54) is 0 Å². The van der Waals surface area contributed by atoms with E-state index in [-0.39, 0.29) is 30.1 Å². The molecule has 0 saturated heterocycles. The average Bonchev–Trinajstić information content (AvgIpc) is 2.70. The Labute approximate surface area is 190 Å². The van der Waals surface area contributed by atoms with E-state index >= 15 is 0 Å². The molecule has 0 aliphatic heterocycles. The minimum absolute atomic E-state index is 0. The minimum atomic E-state index is -0.650. The van der Waals surface area contributed by atoms with Crippen LogP contribution in [0.1, 0.15) is 38.0 Å². The van der Waals surface area contributed by atoms with E-state index in [0.717, 1.165) is 29.2 Å². The number of guanidine groups is 1. The molecule has 0 aliphatic carbocycles. The third-order valence-electron chi connectivity index (χ3n) is 4.04. The van der Waals surface area contributed by atoms with Gasteiger partial charge in [0.25, 0.3) is 0 Å². The maximum absolute atomic E-state index is 10.5. The zero-order valence-corrected chi connectivity index (χ0v) is 19.8. The summed E-state index contributed by atoms with van der Waals surface area (Å²) in [5, 5.41) is 16.9. The van der Waals surface area contributed by atoms with E-state index in [2.05, 4.69) is 15.6 Å². The normalized spacial score (nSPS) is 12.1. The molecule has 0 aliphatic rings. The molecule has 1 unspecified atom stereocenters. The zero-order valence-electron chi connectivity index (χ0n) is 17.5. The van der Waals surface area contributed by atoms with Crippen LogP contribution in [0.2, 0.25) is 0 Å². The Hall–Kier alpha value is -2.00. The predicted molar refractivity (Wildman–Crippen MR) is 128 cm³/mol. The van der Waals surface area contributed by atoms with Gasteiger partial charge in [0.05, 0.1) is 25.9 Å². The van der Waals surface area contributed by atoms with Crippen molar-refractivity contribution in [2.75, 3.05) is 20.2 Å². The highest BCUT2D eigenvalue weighted by Crippen LogP contribution is 2.19. The average molecular weight is 513 g/mol. The van der Waals surface area contributed by atoms with E-state index < -0.39 is 6.10 Å². The molecule has 1 atom stereocenters. The van der Waals surface area contributed by atoms with E-state index in [1.807, 2.05) is 69.3 Å². The fourth-order valence-electron chi connectivity index (χ4n) is 2.69. The number of benzene rings is 2. The number of methoxy groups -OCH3 is 1. The van der Waals surface area contributed by atoms with Crippen molar-refractivity contribution >= 4 is 29.9 Å². The number of rotatable bonds is 9. The first-order valence-electron chi connectivity index (χ1n) is 9.62. The van der Waals surface area contributed by atoms with Gasteiger partial charge in [-0.3, -0.25) is 0 Å². The van der Waals surface area contributed by atoms with Gasteiger partial charge in [-0.05, 0) is 44.5 Å². The van der Waals surface area contributed by atoms with Crippen molar-refractivity contribution in [2.45, 2.75) is 39.5 Å². The lowest BCUT2D eigenvalue weighted by molar-refractivity contribution is 0.180. The molecule has 0 amide bonds. The number of halogens is 1. The second kappa shape index (κ2) is 13.3. The first-order valence-corrected chi connectivity index (χ1v) is 9.62. The lowest BCUT2D eigenvalue weighted by Crippen LogP contribution is -2.39. The van der Waals surface area contributed by atoms with Gasteiger partial charge < -0.3 is 25.2 Å². The molecule has 2 aromatic rings. The van der Waals surface area contributed by atoms with Crippen LogP contribution in [0.4, 0.5) is 0 Å². The van der Waals surface area contributed by atoms with Crippen LogP contribution in [0.15, 0.2) is 53.5 Å². The van der Waals surface area contributed by atoms with Crippen LogP contribution < -0.4 is 20.1 Å². The monoisotopic (exact) mass is 513 g/mol. The molecule has 0 bridgehead atoms. The lowest BCUT2D eigenvalue weighted by atomic mass is 10.1. The molecule has 2 aromatic carbocycles. The number of nitrogens with zero attached hydrogens (tertiary/aromatic N) is 1. The predicted octanol–water partition coefficient (Wildman–Crippen LogP) is 3.89. The number of hydrogen-bond acceptors (Lipinski definition) is 4. The van der Waals surface area contributed by atoms with Crippen molar-refractivity contribution in [1.29, 1.82) is 0 Å². The van der Waals surface area contributed by atoms with Crippen LogP contribution in [-0.2, 0) is 6.54 Å². The van der Waals surface area contributed by atoms with E-state index in [1.54, 1.807) is 7.11 Å². The maximum atomic E-state index is 10.5. The summed E-state index contributed by atoms with van der Waals surface area (Å²) in [6.45, 7) is 7.54. The Morgan fingerprint density at radius 2 is 1.76 bits per heavy atom. The number of hydrogen-bond donors (Lipinski definition) is 3. The third kappa shape index (κ3) is 8.49. The topological polar surface area (TPSA) is 75.1 Å². The molecule has 0 radical (unpaired) electrons. The molecule has 0 heterocycles. The van der Waals surface area contributed by atoms with Gasteiger partial charge in [-0.25, -0.2) is 4.99 Å². The number of aliphatic imine (C=N–C) groups is 1. The maximum Gasteiger partial charge on any atom is 0.191 e. The van der Waals surface area contributed by atoms with Crippen molar-refractivity contribution in [2.24, 2.45) is 4.99 Å². The largest absolute Gasteiger partial charge is 0.496 e. The summed E-state index contributed by atoms with van der Waals surface area (Å²) >= 11 is 0. The highest BCUT2D eigenvalue weighted by molar-refractivity contribution is 14.0. The lowest BCUT2D eigenvalue weighted by Gasteiger charge is -2.16. The molecular weight excluding hydrogens is 481 g/mol. The number of aliphatic hydroxyl groups excluding tert-OH is 1. The first-order chi connectivity index (χ1) is 13.5. The Morgan fingerprint density at radius 1 is 1.07 bits per heavy atom. The second-order valence-electron chi connectivity index (χ2n) is 6.64. The van der Waals surface area contributed by atoms with Gasteiger partial charge in [-0.1, -0.05) is 30.3 Å². The molecule has 3 N–H and O–H groups in total. The van der Waals surface area contributed by atoms with Crippen molar-refractivity contribution in [3.63, 3.8) is 0 Å². The molecule has 160 valence electrons. The summed E-state index contributed by atoms with van der Waals surface area (Å²) in [4.78, 5) is 4.59. The smallest absolute Gasteiger partial charge is 0.191 e. The van der Waals surface area contributed by atoms with Gasteiger partial charge in [0.15, 0.2) is 5.96 Å². The fraction of sp³-hybridized carbons (Fsp3) is 0.409. The summed E-state index contributed by atoms with van der Waals surface area (Å²) in [7, 11) is 1.65. The van der Waals surface area contributed by atoms with E-state index in [0.29, 0.717) is 19.0 Å². The Bertz CT molecular complexity index is 751. The highest BCUT2D eigenvalue weighted by atomic mass is 127. The van der Waals surface area contributed by atoms with Gasteiger partial charge in [0.1, 0.15) is 11.5 Å². The molecule has 0 saturated carbocycles. The quantitative estimate of drug-likeness (QED) is 0.270. The molecule has 0 aromatic heterocycles. The molecule has 0 spiro atoms. The summed E-state index contributed by atoms with van der Waals surface area (Å²) in [6.07, 6.45) is -0.525. The summed E-state index contributed by atoms with van der Waals surface area (Å²) in [5.74, 6) is 2.25. The van der Waals surface area contributed by atoms with Gasteiger partial charge in [-0.2, -0.15) is 0 Å². The van der Waals surface area contributed by atoms with Crippen molar-refractivity contribution in [1.82, 2.24) is 10.6 Å². The van der Waals surface area contributed by atoms with Crippen molar-refractivity contribution in [3.05, 3.63) is 59.7 Å². The zero-order chi connectivity index (χ0) is 20.4. The Kier molecular flexibility index (Phi) is 11.5. The van der Waals surface area contributed by atoms with Crippen molar-refractivity contribution in [3.8, 4) is 11.5 Å². The standard InChI is InChI=1S/C22H31N3O3.HI/c1-5-23-22(24-14-18-8-6-7-9-21(18)27-4)25-15-20(26)17-10-12-19(13-11-17)28-16(2)3;/h6-13,16,20,26H,5,14-15H2,1-4H3,(H2,23,24,25);1H. The van der Waals surface area contributed by atoms with Gasteiger partial charge in [0.2, 0.25) is 0 Å². The molecule has 29 heavy (non-hydrogen) atoms. The number of nitrogens with one attached hydrogen (secondary N) is 2. The SMILES string of the molecule is CCNC(=NCc1ccccc1OC)NCC(O)c1ccc(OC(C)C)cc1.I. The highest BCUT2D eigenvalue weighted by Gasteiger charge is 2.09. The Morgan fingerprint density at radius 3 is 2.38 bits per heavy atom. The Balaban J connectivity index is 0.00000420. The number of aliphatic hydroxyl groups is 1. The van der Waals surface area contributed by atoms with Gasteiger partial charge in [0, 0.05) is 18.7 Å². The molecular formula is C22H32IN3O3. The van der Waals surface area contributed by atoms with Crippen LogP contribution in [0.5, 0.6) is 11.5 Å². The van der Waals surface area contributed by atoms with Crippen LogP contribution in [0.3, 0.4) is 0 Å². The van der Waals surface area contributed by atoms with Crippen LogP contribution in [0, 0.1) is 0 Å². The minimum Gasteiger partial charge on any atom is -0.496 e. The van der Waals surface area contributed by atoms with E-state index in [4.69, 9.17) is 9.47 Å². The summed E-state index contributed by atoms with van der Waals surface area (Å²) in [6, 6.07) is 15.3. The third-order valence-corrected chi connectivity index (χ3v) is 4.04. The first kappa shape index (κ1) is 25.0. The van der Waals surface area contributed by atoms with Crippen LogP contribution in [0.25, 0.3) is 0 Å². The summed E-state index contributed by atoms with van der Waals surface area (Å²) in [5.41, 5.74) is 1.83.